The van der Waals surface area contributed by atoms with Gasteiger partial charge in [0.05, 0.1) is 5.75 Å². The van der Waals surface area contributed by atoms with Gasteiger partial charge in [0.1, 0.15) is 0 Å². The van der Waals surface area contributed by atoms with Crippen LogP contribution in [0.4, 0.5) is 5.69 Å². The van der Waals surface area contributed by atoms with Gasteiger partial charge in [-0.1, -0.05) is 55.0 Å². The predicted octanol–water partition coefficient (Wildman–Crippen LogP) is 4.43. The average Bonchev–Trinajstić information content (AvgIpc) is 2.50. The van der Waals surface area contributed by atoms with E-state index in [4.69, 9.17) is 0 Å². The lowest BCUT2D eigenvalue weighted by Crippen LogP contribution is -2.15. The van der Waals surface area contributed by atoms with E-state index in [0.717, 1.165) is 17.9 Å². The number of carbonyl (C=O) groups excluding carboxylic acids is 1. The van der Waals surface area contributed by atoms with Gasteiger partial charge < -0.3 is 5.32 Å². The van der Waals surface area contributed by atoms with Crippen molar-refractivity contribution in [3.05, 3.63) is 65.2 Å². The Labute approximate surface area is 131 Å². The van der Waals surface area contributed by atoms with Crippen LogP contribution in [-0.4, -0.2) is 11.7 Å². The molecule has 0 aromatic heterocycles. The fourth-order valence-corrected chi connectivity index (χ4v) is 2.87. The van der Waals surface area contributed by atoms with Gasteiger partial charge in [-0.25, -0.2) is 0 Å². The molecule has 3 heteroatoms. The van der Waals surface area contributed by atoms with E-state index in [0.29, 0.717) is 5.75 Å². The number of aryl methyl sites for hydroxylation is 2. The molecule has 2 aromatic rings. The highest BCUT2D eigenvalue weighted by Gasteiger charge is 2.05. The minimum absolute atomic E-state index is 0.0630. The topological polar surface area (TPSA) is 29.1 Å². The Morgan fingerprint density at radius 2 is 1.81 bits per heavy atom. The third kappa shape index (κ3) is 4.94. The molecule has 0 spiro atoms. The van der Waals surface area contributed by atoms with Crippen LogP contribution in [0.15, 0.2) is 48.5 Å². The Kier molecular flexibility index (Phi) is 5.88. The van der Waals surface area contributed by atoms with E-state index in [2.05, 4.69) is 49.5 Å². The molecular formula is C18H21NOS. The molecule has 1 amide bonds. The summed E-state index contributed by atoms with van der Waals surface area (Å²) in [6.07, 6.45) is 0.924. The molecule has 2 aromatic carbocycles. The van der Waals surface area contributed by atoms with Crippen LogP contribution >= 0.6 is 11.8 Å². The first kappa shape index (κ1) is 15.6. The molecule has 1 N–H and O–H groups in total. The van der Waals surface area contributed by atoms with Crippen LogP contribution in [0.25, 0.3) is 0 Å². The standard InChI is InChI=1S/C18H21NOS/c1-3-16-6-4-5-7-17(16)19-18(20)13-21-12-15-10-8-14(2)9-11-15/h4-11H,3,12-13H2,1-2H3,(H,19,20). The lowest BCUT2D eigenvalue weighted by molar-refractivity contribution is -0.113. The van der Waals surface area contributed by atoms with Crippen molar-refractivity contribution in [2.24, 2.45) is 0 Å². The van der Waals surface area contributed by atoms with E-state index in [1.807, 2.05) is 18.2 Å². The van der Waals surface area contributed by atoms with Crippen LogP contribution in [0.5, 0.6) is 0 Å². The Morgan fingerprint density at radius 1 is 1.10 bits per heavy atom. The van der Waals surface area contributed by atoms with Gasteiger partial charge in [-0.05, 0) is 30.5 Å². The quantitative estimate of drug-likeness (QED) is 0.855. The summed E-state index contributed by atoms with van der Waals surface area (Å²) in [5.74, 6) is 1.41. The Morgan fingerprint density at radius 3 is 2.52 bits per heavy atom. The summed E-state index contributed by atoms with van der Waals surface area (Å²) in [5, 5.41) is 3.00. The number of carbonyl (C=O) groups is 1. The van der Waals surface area contributed by atoms with Crippen molar-refractivity contribution >= 4 is 23.4 Å². The Bertz CT molecular complexity index is 592. The van der Waals surface area contributed by atoms with Crippen LogP contribution in [-0.2, 0) is 17.0 Å². The summed E-state index contributed by atoms with van der Waals surface area (Å²) < 4.78 is 0. The number of nitrogens with one attached hydrogen (secondary N) is 1. The highest BCUT2D eigenvalue weighted by molar-refractivity contribution is 7.99. The monoisotopic (exact) mass is 299 g/mol. The van der Waals surface area contributed by atoms with E-state index in [-0.39, 0.29) is 5.91 Å². The fourth-order valence-electron chi connectivity index (χ4n) is 2.08. The summed E-state index contributed by atoms with van der Waals surface area (Å²) in [5.41, 5.74) is 4.63. The minimum atomic E-state index is 0.0630. The van der Waals surface area contributed by atoms with Gasteiger partial charge in [0.25, 0.3) is 0 Å². The third-order valence-corrected chi connectivity index (χ3v) is 4.30. The van der Waals surface area contributed by atoms with Crippen molar-refractivity contribution in [3.8, 4) is 0 Å². The number of thioether (sulfide) groups is 1. The zero-order chi connectivity index (χ0) is 15.1. The lowest BCUT2D eigenvalue weighted by atomic mass is 10.1. The van der Waals surface area contributed by atoms with Gasteiger partial charge in [-0.2, -0.15) is 0 Å². The normalized spacial score (nSPS) is 10.4. The molecule has 2 nitrogen and oxygen atoms in total. The number of rotatable bonds is 6. The molecule has 0 saturated carbocycles. The van der Waals surface area contributed by atoms with Gasteiger partial charge in [-0.15, -0.1) is 11.8 Å². The number of anilines is 1. The second-order valence-corrected chi connectivity index (χ2v) is 6.02. The van der Waals surface area contributed by atoms with Crippen LogP contribution in [0.2, 0.25) is 0 Å². The molecule has 0 aliphatic carbocycles. The summed E-state index contributed by atoms with van der Waals surface area (Å²) >= 11 is 1.64. The molecule has 0 fully saturated rings. The Balaban J connectivity index is 1.81. The molecule has 2 rings (SSSR count). The number of amides is 1. The number of benzene rings is 2. The molecular weight excluding hydrogens is 278 g/mol. The molecule has 21 heavy (non-hydrogen) atoms. The van der Waals surface area contributed by atoms with E-state index in [9.17, 15) is 4.79 Å². The molecule has 0 aliphatic heterocycles. The molecule has 0 atom stereocenters. The summed E-state index contributed by atoms with van der Waals surface area (Å²) in [6.45, 7) is 4.17. The average molecular weight is 299 g/mol. The van der Waals surface area contributed by atoms with Crippen molar-refractivity contribution in [2.45, 2.75) is 26.0 Å². The van der Waals surface area contributed by atoms with Crippen molar-refractivity contribution in [1.82, 2.24) is 0 Å². The second kappa shape index (κ2) is 7.89. The molecule has 0 saturated heterocycles. The number of hydrogen-bond donors (Lipinski definition) is 1. The highest BCUT2D eigenvalue weighted by atomic mass is 32.2. The zero-order valence-electron chi connectivity index (χ0n) is 12.6. The third-order valence-electron chi connectivity index (χ3n) is 3.29. The van der Waals surface area contributed by atoms with Crippen LogP contribution in [0.1, 0.15) is 23.6 Å². The SMILES string of the molecule is CCc1ccccc1NC(=O)CSCc1ccc(C)cc1. The van der Waals surface area contributed by atoms with Gasteiger partial charge >= 0.3 is 0 Å². The number of hydrogen-bond acceptors (Lipinski definition) is 2. The summed E-state index contributed by atoms with van der Waals surface area (Å²) in [4.78, 5) is 12.0. The van der Waals surface area contributed by atoms with E-state index in [1.54, 1.807) is 11.8 Å². The first-order valence-corrected chi connectivity index (χ1v) is 8.35. The maximum Gasteiger partial charge on any atom is 0.234 e. The largest absolute Gasteiger partial charge is 0.325 e. The first-order chi connectivity index (χ1) is 10.2. The van der Waals surface area contributed by atoms with Gasteiger partial charge in [0.15, 0.2) is 0 Å². The smallest absolute Gasteiger partial charge is 0.234 e. The van der Waals surface area contributed by atoms with Crippen molar-refractivity contribution in [2.75, 3.05) is 11.1 Å². The van der Waals surface area contributed by atoms with E-state index >= 15 is 0 Å². The molecule has 0 radical (unpaired) electrons. The maximum absolute atomic E-state index is 12.0. The van der Waals surface area contributed by atoms with Crippen LogP contribution < -0.4 is 5.32 Å². The summed E-state index contributed by atoms with van der Waals surface area (Å²) in [7, 11) is 0. The van der Waals surface area contributed by atoms with Gasteiger partial charge in [-0.3, -0.25) is 4.79 Å². The van der Waals surface area contributed by atoms with Crippen molar-refractivity contribution in [3.63, 3.8) is 0 Å². The molecule has 0 bridgehead atoms. The van der Waals surface area contributed by atoms with Crippen LogP contribution in [0.3, 0.4) is 0 Å². The molecule has 110 valence electrons. The molecule has 0 aliphatic rings. The van der Waals surface area contributed by atoms with Gasteiger partial charge in [0.2, 0.25) is 5.91 Å². The van der Waals surface area contributed by atoms with Gasteiger partial charge in [0, 0.05) is 11.4 Å². The zero-order valence-corrected chi connectivity index (χ0v) is 13.4. The minimum Gasteiger partial charge on any atom is -0.325 e. The molecule has 0 unspecified atom stereocenters. The van der Waals surface area contributed by atoms with E-state index < -0.39 is 0 Å². The predicted molar refractivity (Wildman–Crippen MR) is 91.8 cm³/mol. The Hall–Kier alpha value is -1.74. The van der Waals surface area contributed by atoms with Crippen molar-refractivity contribution < 1.29 is 4.79 Å². The highest BCUT2D eigenvalue weighted by Crippen LogP contribution is 2.17. The molecule has 0 heterocycles. The lowest BCUT2D eigenvalue weighted by Gasteiger charge is -2.09. The van der Waals surface area contributed by atoms with Crippen LogP contribution in [0, 0.1) is 6.92 Å². The second-order valence-electron chi connectivity index (χ2n) is 5.04. The van der Waals surface area contributed by atoms with E-state index in [1.165, 1.54) is 16.7 Å². The maximum atomic E-state index is 12.0. The first-order valence-electron chi connectivity index (χ1n) is 7.20. The fraction of sp³-hybridized carbons (Fsp3) is 0.278. The number of para-hydroxylation sites is 1. The summed E-state index contributed by atoms with van der Waals surface area (Å²) in [6, 6.07) is 16.4. The van der Waals surface area contributed by atoms with Crippen molar-refractivity contribution in [1.29, 1.82) is 0 Å².